The zero-order chi connectivity index (χ0) is 17.6. The molecule has 3 aromatic rings. The minimum Gasteiger partial charge on any atom is -0.459 e. The Kier molecular flexibility index (Phi) is 4.89. The number of nitrogens with one attached hydrogen (secondary N) is 2. The second kappa shape index (κ2) is 7.43. The molecular weight excluding hydrogens is 322 g/mol. The Morgan fingerprint density at radius 1 is 1.24 bits per heavy atom. The average Bonchev–Trinajstić information content (AvgIpc) is 3.33. The molecular formula is C17H17N5O3. The summed E-state index contributed by atoms with van der Waals surface area (Å²) in [5, 5.41) is 9.52. The van der Waals surface area contributed by atoms with Crippen LogP contribution in [0.25, 0.3) is 5.82 Å². The van der Waals surface area contributed by atoms with Gasteiger partial charge in [-0.05, 0) is 31.2 Å². The van der Waals surface area contributed by atoms with Crippen LogP contribution >= 0.6 is 0 Å². The summed E-state index contributed by atoms with van der Waals surface area (Å²) in [4.78, 5) is 28.4. The number of aromatic nitrogens is 3. The number of carbonyl (C=O) groups is 2. The first-order chi connectivity index (χ1) is 12.1. The second-order valence-corrected chi connectivity index (χ2v) is 5.33. The molecule has 0 aromatic carbocycles. The third kappa shape index (κ3) is 3.92. The van der Waals surface area contributed by atoms with Crippen molar-refractivity contribution in [1.29, 1.82) is 0 Å². The van der Waals surface area contributed by atoms with Crippen molar-refractivity contribution in [2.75, 3.05) is 0 Å². The van der Waals surface area contributed by atoms with E-state index in [1.54, 1.807) is 48.4 Å². The molecule has 1 atom stereocenters. The van der Waals surface area contributed by atoms with Gasteiger partial charge in [0.25, 0.3) is 5.91 Å². The summed E-state index contributed by atoms with van der Waals surface area (Å²) in [5.41, 5.74) is 0.809. The molecule has 2 amide bonds. The van der Waals surface area contributed by atoms with Gasteiger partial charge in [-0.2, -0.15) is 5.10 Å². The minimum absolute atomic E-state index is 0.160. The summed E-state index contributed by atoms with van der Waals surface area (Å²) in [5.74, 6) is 0.0504. The van der Waals surface area contributed by atoms with Crippen LogP contribution in [-0.4, -0.2) is 32.6 Å². The first-order valence-corrected chi connectivity index (χ1v) is 7.71. The molecule has 2 N–H and O–H groups in total. The summed E-state index contributed by atoms with van der Waals surface area (Å²) >= 11 is 0. The highest BCUT2D eigenvalue weighted by Gasteiger charge is 2.18. The van der Waals surface area contributed by atoms with Crippen LogP contribution < -0.4 is 10.6 Å². The van der Waals surface area contributed by atoms with Crippen LogP contribution in [0.15, 0.2) is 59.6 Å². The van der Waals surface area contributed by atoms with Gasteiger partial charge in [-0.25, -0.2) is 9.67 Å². The van der Waals surface area contributed by atoms with E-state index >= 15 is 0 Å². The molecule has 0 aliphatic carbocycles. The van der Waals surface area contributed by atoms with E-state index in [2.05, 4.69) is 20.7 Å². The van der Waals surface area contributed by atoms with E-state index in [1.165, 1.54) is 12.3 Å². The molecule has 3 rings (SSSR count). The Labute approximate surface area is 143 Å². The number of hydrogen-bond donors (Lipinski definition) is 2. The number of carbonyl (C=O) groups excluding carboxylic acids is 2. The maximum absolute atomic E-state index is 12.2. The summed E-state index contributed by atoms with van der Waals surface area (Å²) in [6.07, 6.45) is 6.50. The molecule has 0 fully saturated rings. The molecule has 0 spiro atoms. The van der Waals surface area contributed by atoms with Crippen molar-refractivity contribution in [3.8, 4) is 5.82 Å². The highest BCUT2D eigenvalue weighted by atomic mass is 16.3. The van der Waals surface area contributed by atoms with Crippen molar-refractivity contribution < 1.29 is 14.0 Å². The molecule has 25 heavy (non-hydrogen) atoms. The number of rotatable bonds is 6. The normalized spacial score (nSPS) is 11.7. The lowest BCUT2D eigenvalue weighted by molar-refractivity contribution is -0.122. The number of hydrogen-bond acceptors (Lipinski definition) is 5. The smallest absolute Gasteiger partial charge is 0.287 e. The fourth-order valence-electron chi connectivity index (χ4n) is 2.25. The second-order valence-electron chi connectivity index (χ2n) is 5.33. The standard InChI is InChI=1S/C17H17N5O3/c1-12(21-17(24)14-6-3-10-25-14)16(23)19-11-13-5-2-7-18-15(13)22-9-4-8-20-22/h2-10,12H,11H2,1H3,(H,19,23)(H,21,24)/t12-/m1/s1. The van der Waals surface area contributed by atoms with Crippen molar-refractivity contribution in [1.82, 2.24) is 25.4 Å². The highest BCUT2D eigenvalue weighted by molar-refractivity contribution is 5.95. The predicted molar refractivity (Wildman–Crippen MR) is 88.8 cm³/mol. The van der Waals surface area contributed by atoms with Crippen LogP contribution in [0, 0.1) is 0 Å². The van der Waals surface area contributed by atoms with Gasteiger partial charge in [0.1, 0.15) is 6.04 Å². The molecule has 8 nitrogen and oxygen atoms in total. The Balaban J connectivity index is 1.60. The maximum atomic E-state index is 12.2. The molecule has 3 heterocycles. The van der Waals surface area contributed by atoms with E-state index in [0.717, 1.165) is 5.56 Å². The van der Waals surface area contributed by atoms with Crippen molar-refractivity contribution in [2.45, 2.75) is 19.5 Å². The third-order valence-electron chi connectivity index (χ3n) is 3.53. The molecule has 0 bridgehead atoms. The average molecular weight is 339 g/mol. The van der Waals surface area contributed by atoms with Gasteiger partial charge >= 0.3 is 0 Å². The first kappa shape index (κ1) is 16.4. The van der Waals surface area contributed by atoms with Gasteiger partial charge in [-0.15, -0.1) is 0 Å². The molecule has 3 aromatic heterocycles. The van der Waals surface area contributed by atoms with Gasteiger partial charge in [0.05, 0.1) is 6.26 Å². The van der Waals surface area contributed by atoms with Crippen LogP contribution in [0.4, 0.5) is 0 Å². The van der Waals surface area contributed by atoms with E-state index in [0.29, 0.717) is 5.82 Å². The van der Waals surface area contributed by atoms with Gasteiger partial charge in [-0.3, -0.25) is 9.59 Å². The van der Waals surface area contributed by atoms with Crippen molar-refractivity contribution in [2.24, 2.45) is 0 Å². The van der Waals surface area contributed by atoms with E-state index < -0.39 is 11.9 Å². The predicted octanol–water partition coefficient (Wildman–Crippen LogP) is 1.29. The lowest BCUT2D eigenvalue weighted by atomic mass is 10.2. The molecule has 8 heteroatoms. The highest BCUT2D eigenvalue weighted by Crippen LogP contribution is 2.10. The zero-order valence-electron chi connectivity index (χ0n) is 13.5. The van der Waals surface area contributed by atoms with Gasteiger partial charge in [0.2, 0.25) is 5.91 Å². The molecule has 0 aliphatic heterocycles. The molecule has 0 aliphatic rings. The van der Waals surface area contributed by atoms with Crippen LogP contribution in [0.1, 0.15) is 23.0 Å². The number of amides is 2. The molecule has 0 radical (unpaired) electrons. The monoisotopic (exact) mass is 339 g/mol. The SMILES string of the molecule is C[C@@H](NC(=O)c1ccco1)C(=O)NCc1cccnc1-n1cccn1. The largest absolute Gasteiger partial charge is 0.459 e. The number of nitrogens with zero attached hydrogens (tertiary/aromatic N) is 3. The molecule has 0 saturated carbocycles. The fraction of sp³-hybridized carbons (Fsp3) is 0.176. The Morgan fingerprint density at radius 2 is 2.12 bits per heavy atom. The summed E-state index contributed by atoms with van der Waals surface area (Å²) < 4.78 is 6.63. The quantitative estimate of drug-likeness (QED) is 0.705. The topological polar surface area (TPSA) is 102 Å². The lowest BCUT2D eigenvalue weighted by Crippen LogP contribution is -2.44. The third-order valence-corrected chi connectivity index (χ3v) is 3.53. The van der Waals surface area contributed by atoms with Crippen LogP contribution in [0.3, 0.4) is 0 Å². The van der Waals surface area contributed by atoms with Crippen LogP contribution in [-0.2, 0) is 11.3 Å². The van der Waals surface area contributed by atoms with Gasteiger partial charge in [0, 0.05) is 30.7 Å². The minimum atomic E-state index is -0.706. The Hall–Kier alpha value is -3.42. The maximum Gasteiger partial charge on any atom is 0.287 e. The summed E-state index contributed by atoms with van der Waals surface area (Å²) in [7, 11) is 0. The Bertz CT molecular complexity index is 843. The van der Waals surface area contributed by atoms with Crippen molar-refractivity contribution in [3.05, 3.63) is 66.5 Å². The van der Waals surface area contributed by atoms with Gasteiger partial charge in [0.15, 0.2) is 11.6 Å². The summed E-state index contributed by atoms with van der Waals surface area (Å²) in [6, 6.07) is 7.88. The van der Waals surface area contributed by atoms with Crippen LogP contribution in [0.2, 0.25) is 0 Å². The Morgan fingerprint density at radius 3 is 2.84 bits per heavy atom. The number of furan rings is 1. The summed E-state index contributed by atoms with van der Waals surface area (Å²) in [6.45, 7) is 1.87. The molecule has 128 valence electrons. The van der Waals surface area contributed by atoms with Gasteiger partial charge in [-0.1, -0.05) is 6.07 Å². The van der Waals surface area contributed by atoms with E-state index in [9.17, 15) is 9.59 Å². The number of pyridine rings is 1. The van der Waals surface area contributed by atoms with Crippen molar-refractivity contribution in [3.63, 3.8) is 0 Å². The zero-order valence-corrected chi connectivity index (χ0v) is 13.5. The van der Waals surface area contributed by atoms with Crippen LogP contribution in [0.5, 0.6) is 0 Å². The van der Waals surface area contributed by atoms with E-state index in [4.69, 9.17) is 4.42 Å². The van der Waals surface area contributed by atoms with E-state index in [-0.39, 0.29) is 18.2 Å². The van der Waals surface area contributed by atoms with Gasteiger partial charge < -0.3 is 15.1 Å². The lowest BCUT2D eigenvalue weighted by Gasteiger charge is -2.14. The molecule has 0 saturated heterocycles. The fourth-order valence-corrected chi connectivity index (χ4v) is 2.25. The van der Waals surface area contributed by atoms with Crippen molar-refractivity contribution >= 4 is 11.8 Å². The first-order valence-electron chi connectivity index (χ1n) is 7.71. The molecule has 0 unspecified atom stereocenters. The van der Waals surface area contributed by atoms with E-state index in [1.807, 2.05) is 6.07 Å².